The first-order valence-corrected chi connectivity index (χ1v) is 13.3. The molecule has 0 spiro atoms. The smallest absolute Gasteiger partial charge is 0.286 e. The van der Waals surface area contributed by atoms with Crippen molar-refractivity contribution >= 4 is 23.5 Å². The van der Waals surface area contributed by atoms with Gasteiger partial charge in [-0.1, -0.05) is 71.6 Å². The first-order valence-electron chi connectivity index (χ1n) is 13.3. The van der Waals surface area contributed by atoms with Gasteiger partial charge in [-0.3, -0.25) is 19.2 Å². The van der Waals surface area contributed by atoms with Gasteiger partial charge in [-0.15, -0.1) is 0 Å². The third-order valence-electron chi connectivity index (χ3n) is 7.54. The number of nitrogens with one attached hydrogen (secondary N) is 1. The summed E-state index contributed by atoms with van der Waals surface area (Å²) < 4.78 is 0. The number of likely N-dealkylation sites (tertiary alicyclic amines) is 1. The Bertz CT molecular complexity index is 666. The summed E-state index contributed by atoms with van der Waals surface area (Å²) >= 11 is 0. The predicted molar refractivity (Wildman–Crippen MR) is 129 cm³/mol. The van der Waals surface area contributed by atoms with Gasteiger partial charge in [-0.2, -0.15) is 0 Å². The third kappa shape index (κ3) is 8.74. The number of carbonyl (C=O) groups is 4. The van der Waals surface area contributed by atoms with Crippen LogP contribution in [0.15, 0.2) is 0 Å². The average molecular weight is 464 g/mol. The molecule has 4 atom stereocenters. The highest BCUT2D eigenvalue weighted by Gasteiger charge is 2.41. The van der Waals surface area contributed by atoms with Crippen LogP contribution in [-0.4, -0.2) is 47.5 Å². The lowest BCUT2D eigenvalue weighted by atomic mass is 9.77. The highest BCUT2D eigenvalue weighted by Crippen LogP contribution is 2.36. The van der Waals surface area contributed by atoms with Crippen molar-refractivity contribution in [2.45, 2.75) is 110 Å². The van der Waals surface area contributed by atoms with Crippen LogP contribution in [0.25, 0.3) is 0 Å². The number of nitrogens with zero attached hydrogens (tertiary/aromatic N) is 1. The molecule has 1 aliphatic heterocycles. The van der Waals surface area contributed by atoms with Gasteiger partial charge in [0.25, 0.3) is 5.91 Å². The van der Waals surface area contributed by atoms with Crippen LogP contribution >= 0.6 is 0 Å². The molecule has 2 rings (SSSR count). The monoisotopic (exact) mass is 463 g/mol. The first-order chi connectivity index (χ1) is 15.9. The Morgan fingerprint density at radius 1 is 0.909 bits per heavy atom. The van der Waals surface area contributed by atoms with E-state index in [2.05, 4.69) is 19.2 Å². The van der Waals surface area contributed by atoms with E-state index >= 15 is 0 Å². The third-order valence-corrected chi connectivity index (χ3v) is 7.54. The summed E-state index contributed by atoms with van der Waals surface area (Å²) in [6.07, 6.45) is 15.6. The summed E-state index contributed by atoms with van der Waals surface area (Å²) in [5.41, 5.74) is 4.99. The second-order valence-corrected chi connectivity index (χ2v) is 10.2. The Morgan fingerprint density at radius 3 is 2.33 bits per heavy atom. The SMILES string of the molecule is CCCCCCCC1CCCC(CC(=O)N2CC[C@H](CCC)C2C(=O)NCC(=O)C(N)=O)C1. The molecule has 3 amide bonds. The standard InChI is InChI=1S/C26H45N3O4/c1-3-5-6-7-8-11-19-12-9-13-20(16-19)17-23(31)29-15-14-21(10-4-2)24(29)26(33)28-18-22(30)25(27)32/h19-21,24H,3-18H2,1-2H3,(H2,27,32)(H,28,33)/t19?,20?,21-,24?/m0/s1. The number of rotatable bonds is 14. The number of ketones is 1. The maximum atomic E-state index is 13.3. The number of amides is 3. The maximum Gasteiger partial charge on any atom is 0.286 e. The van der Waals surface area contributed by atoms with Crippen LogP contribution in [0.5, 0.6) is 0 Å². The molecule has 188 valence electrons. The van der Waals surface area contributed by atoms with Crippen molar-refractivity contribution in [3.05, 3.63) is 0 Å². The number of unbranched alkanes of at least 4 members (excludes halogenated alkanes) is 4. The summed E-state index contributed by atoms with van der Waals surface area (Å²) in [5, 5.41) is 2.54. The quantitative estimate of drug-likeness (QED) is 0.302. The van der Waals surface area contributed by atoms with E-state index in [1.54, 1.807) is 4.90 Å². The lowest BCUT2D eigenvalue weighted by Gasteiger charge is -2.32. The van der Waals surface area contributed by atoms with Crippen LogP contribution < -0.4 is 11.1 Å². The number of primary amides is 1. The lowest BCUT2D eigenvalue weighted by molar-refractivity contribution is -0.141. The molecule has 2 fully saturated rings. The summed E-state index contributed by atoms with van der Waals surface area (Å²) in [7, 11) is 0. The fourth-order valence-electron chi connectivity index (χ4n) is 5.77. The van der Waals surface area contributed by atoms with Gasteiger partial charge in [0, 0.05) is 13.0 Å². The molecule has 0 aromatic carbocycles. The van der Waals surface area contributed by atoms with E-state index in [0.717, 1.165) is 38.0 Å². The summed E-state index contributed by atoms with van der Waals surface area (Å²) in [6, 6.07) is -0.559. The lowest BCUT2D eigenvalue weighted by Crippen LogP contribution is -2.50. The summed E-state index contributed by atoms with van der Waals surface area (Å²) in [4.78, 5) is 50.4. The number of Topliss-reactive ketones (excluding diaryl/α,β-unsaturated/α-hetero) is 1. The summed E-state index contributed by atoms with van der Waals surface area (Å²) in [5.74, 6) is -0.956. The molecule has 2 aliphatic rings. The first kappa shape index (κ1) is 27.3. The fourth-order valence-corrected chi connectivity index (χ4v) is 5.77. The topological polar surface area (TPSA) is 110 Å². The van der Waals surface area contributed by atoms with Gasteiger partial charge in [0.15, 0.2) is 0 Å². The molecule has 3 unspecified atom stereocenters. The zero-order valence-corrected chi connectivity index (χ0v) is 20.8. The van der Waals surface area contributed by atoms with Crippen LogP contribution in [-0.2, 0) is 19.2 Å². The molecule has 0 aromatic rings. The molecule has 1 heterocycles. The van der Waals surface area contributed by atoms with Crippen molar-refractivity contribution in [1.29, 1.82) is 0 Å². The Labute approximate surface area is 199 Å². The van der Waals surface area contributed by atoms with E-state index < -0.39 is 24.3 Å². The molecule has 0 aromatic heterocycles. The molecule has 7 heteroatoms. The normalized spacial score (nSPS) is 25.1. The Hall–Kier alpha value is -1.92. The van der Waals surface area contributed by atoms with Crippen LogP contribution in [0.3, 0.4) is 0 Å². The highest BCUT2D eigenvalue weighted by molar-refractivity contribution is 6.36. The number of carbonyl (C=O) groups excluding carboxylic acids is 4. The van der Waals surface area contributed by atoms with Gasteiger partial charge in [-0.05, 0) is 43.4 Å². The molecule has 0 radical (unpaired) electrons. The van der Waals surface area contributed by atoms with E-state index in [9.17, 15) is 19.2 Å². The van der Waals surface area contributed by atoms with Crippen molar-refractivity contribution in [3.63, 3.8) is 0 Å². The molecule has 3 N–H and O–H groups in total. The Morgan fingerprint density at radius 2 is 1.64 bits per heavy atom. The Balaban J connectivity index is 1.90. The van der Waals surface area contributed by atoms with E-state index in [4.69, 9.17) is 5.73 Å². The van der Waals surface area contributed by atoms with E-state index in [-0.39, 0.29) is 17.7 Å². The molecule has 1 saturated carbocycles. The van der Waals surface area contributed by atoms with Gasteiger partial charge in [0.2, 0.25) is 17.6 Å². The minimum absolute atomic E-state index is 0.0589. The van der Waals surface area contributed by atoms with E-state index in [1.807, 2.05) is 0 Å². The maximum absolute atomic E-state index is 13.3. The largest absolute Gasteiger partial charge is 0.363 e. The van der Waals surface area contributed by atoms with Crippen molar-refractivity contribution < 1.29 is 19.2 Å². The van der Waals surface area contributed by atoms with Crippen molar-refractivity contribution in [3.8, 4) is 0 Å². The van der Waals surface area contributed by atoms with Gasteiger partial charge >= 0.3 is 0 Å². The molecule has 1 aliphatic carbocycles. The van der Waals surface area contributed by atoms with Crippen LogP contribution in [0.2, 0.25) is 0 Å². The zero-order chi connectivity index (χ0) is 24.2. The van der Waals surface area contributed by atoms with Gasteiger partial charge in [0.05, 0.1) is 6.54 Å². The zero-order valence-electron chi connectivity index (χ0n) is 20.8. The van der Waals surface area contributed by atoms with Crippen LogP contribution in [0.1, 0.15) is 104 Å². The van der Waals surface area contributed by atoms with Crippen molar-refractivity contribution in [2.75, 3.05) is 13.1 Å². The van der Waals surface area contributed by atoms with Crippen molar-refractivity contribution in [2.24, 2.45) is 23.5 Å². The minimum Gasteiger partial charge on any atom is -0.363 e. The molecular weight excluding hydrogens is 418 g/mol. The van der Waals surface area contributed by atoms with E-state index in [1.165, 1.54) is 51.4 Å². The Kier molecular flexibility index (Phi) is 11.9. The molecule has 7 nitrogen and oxygen atoms in total. The predicted octanol–water partition coefficient (Wildman–Crippen LogP) is 3.73. The summed E-state index contributed by atoms with van der Waals surface area (Å²) in [6.45, 7) is 4.48. The van der Waals surface area contributed by atoms with E-state index in [0.29, 0.717) is 18.9 Å². The molecular formula is C26H45N3O4. The fraction of sp³-hybridized carbons (Fsp3) is 0.846. The molecule has 33 heavy (non-hydrogen) atoms. The van der Waals surface area contributed by atoms with Gasteiger partial charge in [0.1, 0.15) is 6.04 Å². The second-order valence-electron chi connectivity index (χ2n) is 10.2. The highest BCUT2D eigenvalue weighted by atomic mass is 16.2. The minimum atomic E-state index is -1.06. The molecule has 0 bridgehead atoms. The average Bonchev–Trinajstić information content (AvgIpc) is 3.21. The van der Waals surface area contributed by atoms with Gasteiger partial charge < -0.3 is 16.0 Å². The van der Waals surface area contributed by atoms with Gasteiger partial charge in [-0.25, -0.2) is 0 Å². The van der Waals surface area contributed by atoms with Crippen molar-refractivity contribution in [1.82, 2.24) is 10.2 Å². The van der Waals surface area contributed by atoms with Crippen LogP contribution in [0.4, 0.5) is 0 Å². The van der Waals surface area contributed by atoms with Crippen LogP contribution in [0, 0.1) is 17.8 Å². The number of nitrogens with two attached hydrogens (primary N) is 1. The molecule has 1 saturated heterocycles. The number of hydrogen-bond acceptors (Lipinski definition) is 4. The second kappa shape index (κ2) is 14.4. The number of hydrogen-bond donors (Lipinski definition) is 2.